The number of aryl methyl sites for hydroxylation is 1. The van der Waals surface area contributed by atoms with Crippen LogP contribution in [0, 0.1) is 30.2 Å². The van der Waals surface area contributed by atoms with Gasteiger partial charge in [0.25, 0.3) is 0 Å². The first-order valence-electron chi connectivity index (χ1n) is 13.8. The maximum atomic E-state index is 3.85. The third-order valence-corrected chi connectivity index (χ3v) is 10.8. The average Bonchev–Trinajstić information content (AvgIpc) is 3.03. The van der Waals surface area contributed by atoms with Gasteiger partial charge in [-0.2, -0.15) is 0 Å². The van der Waals surface area contributed by atoms with Crippen LogP contribution >= 0.6 is 10.0 Å². The Bertz CT molecular complexity index is 2070. The van der Waals surface area contributed by atoms with Crippen molar-refractivity contribution in [2.24, 2.45) is 0 Å². The van der Waals surface area contributed by atoms with Gasteiger partial charge in [-0.3, -0.25) is 0 Å². The van der Waals surface area contributed by atoms with Crippen LogP contribution in [-0.4, -0.2) is 6.26 Å². The van der Waals surface area contributed by atoms with E-state index in [0.717, 1.165) is 27.3 Å². The lowest BCUT2D eigenvalue weighted by molar-refractivity contribution is 1.37. The zero-order valence-corrected chi connectivity index (χ0v) is 23.9. The number of benzene rings is 6. The molecule has 0 aromatic heterocycles. The zero-order valence-electron chi connectivity index (χ0n) is 23.1. The Labute approximate surface area is 243 Å². The molecule has 0 unspecified atom stereocenters. The Morgan fingerprint density at radius 1 is 0.561 bits per heavy atom. The summed E-state index contributed by atoms with van der Waals surface area (Å²) in [7, 11) is -1.61. The Morgan fingerprint density at radius 3 is 1.85 bits per heavy atom. The monoisotopic (exact) mass is 540 g/mol. The summed E-state index contributed by atoms with van der Waals surface area (Å²) < 4.78 is 0. The van der Waals surface area contributed by atoms with E-state index in [-0.39, 0.29) is 0 Å². The number of rotatable bonds is 3. The van der Waals surface area contributed by atoms with Gasteiger partial charge in [0, 0.05) is 31.7 Å². The van der Waals surface area contributed by atoms with E-state index in [4.69, 9.17) is 0 Å². The lowest BCUT2D eigenvalue weighted by atomic mass is 9.87. The highest BCUT2D eigenvalue weighted by molar-refractivity contribution is 8.37. The van der Waals surface area contributed by atoms with Crippen LogP contribution in [0.5, 0.6) is 0 Å². The van der Waals surface area contributed by atoms with Gasteiger partial charge in [-0.1, -0.05) is 121 Å². The molecule has 0 aliphatic rings. The van der Waals surface area contributed by atoms with E-state index < -0.39 is 10.0 Å². The van der Waals surface area contributed by atoms with Crippen LogP contribution in [0.15, 0.2) is 143 Å². The van der Waals surface area contributed by atoms with E-state index in [1.165, 1.54) is 37.1 Å². The lowest BCUT2D eigenvalue weighted by Gasteiger charge is -2.31. The number of fused-ring (bicyclic) bond motifs is 3. The lowest BCUT2D eigenvalue weighted by Crippen LogP contribution is -1.98. The summed E-state index contributed by atoms with van der Waals surface area (Å²) in [6.07, 6.45) is 2.31. The summed E-state index contributed by atoms with van der Waals surface area (Å²) in [5, 5.41) is 10.8. The maximum absolute atomic E-state index is 3.85. The van der Waals surface area contributed by atoms with E-state index in [0.29, 0.717) is 0 Å². The molecule has 0 radical (unpaired) electrons. The fraction of sp³-hybridized carbons (Fsp3) is 0.0500. The molecular formula is C40H28S. The van der Waals surface area contributed by atoms with Crippen LogP contribution in [0.25, 0.3) is 43.4 Å². The van der Waals surface area contributed by atoms with E-state index in [2.05, 4.69) is 170 Å². The summed E-state index contributed by atoms with van der Waals surface area (Å²) in [4.78, 5) is 2.52. The standard InChI is InChI=1S/C40H28S/c1-29-24-25-38-39(28-29)35(26-27-41(2,31-16-5-3-6-17-31)32-18-7-4-8-19-32)34-21-11-12-22-37(34)40(38)36-23-13-15-30-14-9-10-20-33(30)36/h3-23,28H,1-2H3. The van der Waals surface area contributed by atoms with Crippen molar-refractivity contribution in [3.05, 3.63) is 157 Å². The molecule has 0 saturated heterocycles. The summed E-state index contributed by atoms with van der Waals surface area (Å²) >= 11 is 0. The molecular weight excluding hydrogens is 513 g/mol. The van der Waals surface area contributed by atoms with Crippen molar-refractivity contribution in [3.8, 4) is 22.3 Å². The SMILES string of the molecule is Cc1c#cc2c(-c3cccc4ccccc34)c3ccccc3c(C#CS(C)(c3ccccc3)c3ccccc3)c2c1. The third-order valence-electron chi connectivity index (χ3n) is 7.87. The molecule has 0 saturated carbocycles. The van der Waals surface area contributed by atoms with Gasteiger partial charge in [0.2, 0.25) is 0 Å². The Kier molecular flexibility index (Phi) is 6.24. The minimum atomic E-state index is -1.61. The second-order valence-corrected chi connectivity index (χ2v) is 13.4. The van der Waals surface area contributed by atoms with Crippen LogP contribution < -0.4 is 0 Å². The Morgan fingerprint density at radius 2 is 1.15 bits per heavy atom. The van der Waals surface area contributed by atoms with Gasteiger partial charge in [-0.15, -0.1) is 10.0 Å². The number of hydrogen-bond acceptors (Lipinski definition) is 0. The van der Waals surface area contributed by atoms with Crippen molar-refractivity contribution in [2.75, 3.05) is 6.26 Å². The summed E-state index contributed by atoms with van der Waals surface area (Å²) in [5.74, 6) is 3.76. The van der Waals surface area contributed by atoms with E-state index >= 15 is 0 Å². The molecule has 7 aromatic carbocycles. The van der Waals surface area contributed by atoms with Crippen LogP contribution in [0.3, 0.4) is 0 Å². The van der Waals surface area contributed by atoms with Crippen LogP contribution in [-0.2, 0) is 0 Å². The van der Waals surface area contributed by atoms with E-state index in [9.17, 15) is 0 Å². The van der Waals surface area contributed by atoms with Gasteiger partial charge in [0.15, 0.2) is 0 Å². The van der Waals surface area contributed by atoms with Gasteiger partial charge in [0.1, 0.15) is 0 Å². The second-order valence-electron chi connectivity index (χ2n) is 10.5. The average molecular weight is 541 g/mol. The molecule has 194 valence electrons. The van der Waals surface area contributed by atoms with Crippen molar-refractivity contribution in [1.29, 1.82) is 0 Å². The maximum Gasteiger partial charge on any atom is 0.0419 e. The van der Waals surface area contributed by atoms with E-state index in [1.807, 2.05) is 0 Å². The largest absolute Gasteiger partial charge is 0.125 e. The second kappa shape index (κ2) is 10.2. The molecule has 1 heteroatoms. The van der Waals surface area contributed by atoms with E-state index in [1.54, 1.807) is 0 Å². The van der Waals surface area contributed by atoms with Gasteiger partial charge >= 0.3 is 0 Å². The summed E-state index contributed by atoms with van der Waals surface area (Å²) in [5.41, 5.74) is 4.51. The molecule has 0 fully saturated rings. The highest BCUT2D eigenvalue weighted by atomic mass is 32.3. The van der Waals surface area contributed by atoms with Crippen molar-refractivity contribution in [1.82, 2.24) is 0 Å². The highest BCUT2D eigenvalue weighted by Gasteiger charge is 2.22. The third kappa shape index (κ3) is 4.33. The zero-order chi connectivity index (χ0) is 27.8. The predicted molar refractivity (Wildman–Crippen MR) is 177 cm³/mol. The van der Waals surface area contributed by atoms with Crippen molar-refractivity contribution in [3.63, 3.8) is 0 Å². The van der Waals surface area contributed by atoms with Gasteiger partial charge in [0.05, 0.1) is 0 Å². The van der Waals surface area contributed by atoms with Gasteiger partial charge < -0.3 is 0 Å². The van der Waals surface area contributed by atoms with Crippen molar-refractivity contribution >= 4 is 42.3 Å². The van der Waals surface area contributed by atoms with Crippen molar-refractivity contribution < 1.29 is 0 Å². The Hall–Kier alpha value is -4.95. The molecule has 0 aliphatic heterocycles. The van der Waals surface area contributed by atoms with Crippen LogP contribution in [0.2, 0.25) is 0 Å². The first kappa shape index (κ1) is 25.0. The van der Waals surface area contributed by atoms with Crippen LogP contribution in [0.4, 0.5) is 0 Å². The molecule has 41 heavy (non-hydrogen) atoms. The first-order chi connectivity index (χ1) is 20.1. The Balaban J connectivity index is 1.57. The predicted octanol–water partition coefficient (Wildman–Crippen LogP) is 10.6. The molecule has 0 amide bonds. The first-order valence-corrected chi connectivity index (χ1v) is 15.9. The van der Waals surface area contributed by atoms with Gasteiger partial charge in [-0.25, -0.2) is 0 Å². The number of hydrogen-bond donors (Lipinski definition) is 0. The molecule has 0 nitrogen and oxygen atoms in total. The normalized spacial score (nSPS) is 11.7. The molecule has 0 aliphatic carbocycles. The summed E-state index contributed by atoms with van der Waals surface area (Å²) in [6, 6.07) is 54.5. The molecule has 0 spiro atoms. The van der Waals surface area contributed by atoms with Gasteiger partial charge in [-0.05, 0) is 81.4 Å². The smallest absolute Gasteiger partial charge is 0.0419 e. The molecule has 0 bridgehead atoms. The molecule has 7 aromatic rings. The summed E-state index contributed by atoms with van der Waals surface area (Å²) in [6.45, 7) is 2.09. The highest BCUT2D eigenvalue weighted by Crippen LogP contribution is 2.58. The van der Waals surface area contributed by atoms with Crippen molar-refractivity contribution in [2.45, 2.75) is 16.7 Å². The van der Waals surface area contributed by atoms with Crippen LogP contribution in [0.1, 0.15) is 11.1 Å². The topological polar surface area (TPSA) is 0 Å². The minimum Gasteiger partial charge on any atom is -0.125 e. The fourth-order valence-electron chi connectivity index (χ4n) is 5.80. The molecule has 0 atom stereocenters. The molecule has 0 N–H and O–H groups in total. The minimum absolute atomic E-state index is 1.05. The fourth-order valence-corrected chi connectivity index (χ4v) is 8.01. The molecule has 7 rings (SSSR count). The quantitative estimate of drug-likeness (QED) is 0.196. The molecule has 0 heterocycles.